The third-order valence-corrected chi connectivity index (χ3v) is 7.48. The van der Waals surface area contributed by atoms with Crippen molar-refractivity contribution in [2.45, 2.75) is 62.9 Å². The Morgan fingerprint density at radius 3 is 2.21 bits per heavy atom. The molecule has 42 heavy (non-hydrogen) atoms. The Morgan fingerprint density at radius 1 is 1.00 bits per heavy atom. The van der Waals surface area contributed by atoms with Crippen molar-refractivity contribution in [2.75, 3.05) is 12.8 Å². The second-order valence-corrected chi connectivity index (χ2v) is 11.8. The molecule has 0 saturated carbocycles. The maximum Gasteiger partial charge on any atom is 0.416 e. The zero-order chi connectivity index (χ0) is 31.1. The lowest BCUT2D eigenvalue weighted by molar-refractivity contribution is -0.137. The highest BCUT2D eigenvalue weighted by Crippen LogP contribution is 2.35. The number of nitrogens with zero attached hydrogens (tertiary/aromatic N) is 1. The smallest absolute Gasteiger partial charge is 0.416 e. The van der Waals surface area contributed by atoms with Gasteiger partial charge in [-0.1, -0.05) is 30.3 Å². The van der Waals surface area contributed by atoms with Crippen molar-refractivity contribution in [2.24, 2.45) is 0 Å². The first-order valence-corrected chi connectivity index (χ1v) is 14.2. The molecule has 228 valence electrons. The van der Waals surface area contributed by atoms with Crippen LogP contribution in [-0.4, -0.2) is 58.2 Å². The van der Waals surface area contributed by atoms with Crippen molar-refractivity contribution < 1.29 is 41.8 Å². The van der Waals surface area contributed by atoms with E-state index in [0.717, 1.165) is 29.8 Å². The zero-order valence-corrected chi connectivity index (χ0v) is 24.4. The van der Waals surface area contributed by atoms with E-state index in [4.69, 9.17) is 9.47 Å². The molecule has 0 bridgehead atoms. The van der Waals surface area contributed by atoms with Gasteiger partial charge in [0.1, 0.15) is 23.1 Å². The molecule has 4 amide bonds. The lowest BCUT2D eigenvalue weighted by Gasteiger charge is -2.45. The summed E-state index contributed by atoms with van der Waals surface area (Å²) in [6.07, 6.45) is -3.98. The molecular formula is C28H33F3N4O6S. The highest BCUT2D eigenvalue weighted by Gasteiger charge is 2.46. The number of hydrogen-bond acceptors (Lipinski definition) is 7. The van der Waals surface area contributed by atoms with Gasteiger partial charge < -0.3 is 14.8 Å². The number of alkyl halides is 3. The van der Waals surface area contributed by atoms with E-state index in [-0.39, 0.29) is 31.6 Å². The van der Waals surface area contributed by atoms with Gasteiger partial charge in [0.25, 0.3) is 11.8 Å². The Kier molecular flexibility index (Phi) is 10.4. The van der Waals surface area contributed by atoms with Gasteiger partial charge in [-0.15, -0.1) is 11.8 Å². The van der Waals surface area contributed by atoms with E-state index < -0.39 is 52.3 Å². The number of hydrazine groups is 1. The van der Waals surface area contributed by atoms with Gasteiger partial charge in [0, 0.05) is 5.56 Å². The molecule has 1 heterocycles. The lowest BCUT2D eigenvalue weighted by Crippen LogP contribution is -2.64. The largest absolute Gasteiger partial charge is 0.445 e. The number of nitrogens with one attached hydrogen (secondary N) is 3. The molecule has 1 saturated heterocycles. The fraction of sp³-hybridized carbons (Fsp3) is 0.429. The molecule has 0 radical (unpaired) electrons. The van der Waals surface area contributed by atoms with E-state index >= 15 is 0 Å². The van der Waals surface area contributed by atoms with Gasteiger partial charge in [-0.2, -0.15) is 13.2 Å². The van der Waals surface area contributed by atoms with Crippen LogP contribution in [-0.2, 0) is 27.1 Å². The highest BCUT2D eigenvalue weighted by molar-refractivity contribution is 8.00. The van der Waals surface area contributed by atoms with Crippen LogP contribution in [0.15, 0.2) is 54.6 Å². The molecule has 3 N–H and O–H groups in total. The van der Waals surface area contributed by atoms with Gasteiger partial charge in [-0.05, 0) is 69.7 Å². The number of alkyl carbamates (subject to hydrolysis) is 1. The molecule has 2 aromatic carbocycles. The summed E-state index contributed by atoms with van der Waals surface area (Å²) in [5.74, 6) is -1.60. The number of benzene rings is 2. The third-order valence-electron chi connectivity index (χ3n) is 6.26. The predicted molar refractivity (Wildman–Crippen MR) is 149 cm³/mol. The average Bonchev–Trinajstić information content (AvgIpc) is 2.94. The molecule has 14 heteroatoms. The van der Waals surface area contributed by atoms with Gasteiger partial charge in [0.2, 0.25) is 0 Å². The van der Waals surface area contributed by atoms with Crippen LogP contribution in [0.3, 0.4) is 0 Å². The Bertz CT molecular complexity index is 1270. The monoisotopic (exact) mass is 610 g/mol. The summed E-state index contributed by atoms with van der Waals surface area (Å²) in [6, 6.07) is 11.5. The van der Waals surface area contributed by atoms with Crippen molar-refractivity contribution in [1.82, 2.24) is 21.1 Å². The first-order chi connectivity index (χ1) is 19.6. The molecule has 1 aliphatic rings. The number of ether oxygens (including phenoxy) is 2. The number of carbonyl (C=O) groups excluding carboxylic acids is 4. The van der Waals surface area contributed by atoms with Crippen LogP contribution < -0.4 is 16.2 Å². The fourth-order valence-corrected chi connectivity index (χ4v) is 4.90. The summed E-state index contributed by atoms with van der Waals surface area (Å²) in [5, 5.41) is 2.82. The van der Waals surface area contributed by atoms with Gasteiger partial charge in [0.15, 0.2) is 0 Å². The van der Waals surface area contributed by atoms with Gasteiger partial charge in [-0.3, -0.25) is 25.3 Å². The normalized spacial score (nSPS) is 18.9. The maximum absolute atomic E-state index is 13.2. The Balaban J connectivity index is 1.69. The van der Waals surface area contributed by atoms with Crippen LogP contribution in [0.4, 0.5) is 22.8 Å². The van der Waals surface area contributed by atoms with E-state index in [0.29, 0.717) is 0 Å². The number of piperidine rings is 1. The molecular weight excluding hydrogens is 577 g/mol. The van der Waals surface area contributed by atoms with Crippen molar-refractivity contribution in [1.29, 1.82) is 0 Å². The van der Waals surface area contributed by atoms with E-state index in [1.54, 1.807) is 27.0 Å². The van der Waals surface area contributed by atoms with Crippen molar-refractivity contribution >= 4 is 35.8 Å². The Morgan fingerprint density at radius 2 is 1.64 bits per heavy atom. The Hall–Kier alpha value is -3.94. The topological polar surface area (TPSA) is 126 Å². The van der Waals surface area contributed by atoms with Crippen molar-refractivity contribution in [3.05, 3.63) is 71.3 Å². The van der Waals surface area contributed by atoms with Crippen molar-refractivity contribution in [3.63, 3.8) is 0 Å². The van der Waals surface area contributed by atoms with Crippen LogP contribution in [0, 0.1) is 0 Å². The molecule has 0 aromatic heterocycles. The van der Waals surface area contributed by atoms with Crippen LogP contribution >= 0.6 is 11.8 Å². The van der Waals surface area contributed by atoms with Gasteiger partial charge in [0.05, 0.1) is 12.1 Å². The maximum atomic E-state index is 13.2. The van der Waals surface area contributed by atoms with Crippen molar-refractivity contribution in [3.8, 4) is 0 Å². The van der Waals surface area contributed by atoms with Crippen LogP contribution in [0.25, 0.3) is 0 Å². The summed E-state index contributed by atoms with van der Waals surface area (Å²) in [7, 11) is 0. The van der Waals surface area contributed by atoms with E-state index in [9.17, 15) is 32.3 Å². The minimum atomic E-state index is -4.56. The predicted octanol–water partition coefficient (Wildman–Crippen LogP) is 4.85. The first kappa shape index (κ1) is 32.6. The quantitative estimate of drug-likeness (QED) is 0.315. The molecule has 1 aliphatic heterocycles. The Labute approximate surface area is 245 Å². The number of likely N-dealkylation sites (tertiary alicyclic amines) is 1. The molecule has 0 unspecified atom stereocenters. The minimum absolute atomic E-state index is 0.0383. The van der Waals surface area contributed by atoms with Gasteiger partial charge >= 0.3 is 18.4 Å². The van der Waals surface area contributed by atoms with Gasteiger partial charge in [-0.25, -0.2) is 9.59 Å². The van der Waals surface area contributed by atoms with Crippen LogP contribution in [0.1, 0.15) is 55.1 Å². The second-order valence-electron chi connectivity index (χ2n) is 10.6. The minimum Gasteiger partial charge on any atom is -0.445 e. The average molecular weight is 611 g/mol. The zero-order valence-electron chi connectivity index (χ0n) is 23.5. The molecule has 3 rings (SSSR count). The van der Waals surface area contributed by atoms with Crippen LogP contribution in [0.2, 0.25) is 0 Å². The molecule has 10 nitrogen and oxygen atoms in total. The van der Waals surface area contributed by atoms with Crippen LogP contribution in [0.5, 0.6) is 0 Å². The highest BCUT2D eigenvalue weighted by atomic mass is 32.2. The molecule has 2 aromatic rings. The summed E-state index contributed by atoms with van der Waals surface area (Å²) >= 11 is 1.27. The first-order valence-electron chi connectivity index (χ1n) is 12.9. The molecule has 1 fully saturated rings. The third kappa shape index (κ3) is 9.03. The fourth-order valence-electron chi connectivity index (χ4n) is 4.12. The van der Waals surface area contributed by atoms with E-state index in [1.165, 1.54) is 16.7 Å². The molecule has 0 aliphatic carbocycles. The summed E-state index contributed by atoms with van der Waals surface area (Å²) in [5.41, 5.74) is 3.27. The second kappa shape index (κ2) is 13.4. The number of thioether (sulfide) groups is 1. The van der Waals surface area contributed by atoms with E-state index in [1.807, 2.05) is 30.3 Å². The SMILES string of the molecule is CS[C@]1(NC(=O)OCc2ccccc2)CC[C@H](C(=O)NNC(=O)c2ccc(C(F)(F)F)cc2)N(C(=O)OC(C)(C)C)C1. The number of rotatable bonds is 6. The molecule has 0 spiro atoms. The summed E-state index contributed by atoms with van der Waals surface area (Å²) in [4.78, 5) is 51.6. The number of halogens is 3. The summed E-state index contributed by atoms with van der Waals surface area (Å²) in [6.45, 7) is 4.91. The number of carbonyl (C=O) groups is 4. The standard InChI is InChI=1S/C28H33F3N4O6S/c1-26(2,3)41-25(39)35-17-27(42-4,32-24(38)40-16-18-8-6-5-7-9-18)15-14-21(35)23(37)34-33-22(36)19-10-12-20(13-11-19)28(29,30)31/h5-13,21H,14-17H2,1-4H3,(H,32,38)(H,33,36)(H,34,37)/t21-,27-/m1/s1. The summed E-state index contributed by atoms with van der Waals surface area (Å²) < 4.78 is 49.3. The lowest BCUT2D eigenvalue weighted by atomic mass is 9.97. The van der Waals surface area contributed by atoms with E-state index in [2.05, 4.69) is 16.2 Å². The number of amides is 4. The molecule has 2 atom stereocenters. The number of hydrogen-bond donors (Lipinski definition) is 3.